The second-order valence-corrected chi connectivity index (χ2v) is 7.32. The predicted octanol–water partition coefficient (Wildman–Crippen LogP) is 3.30. The van der Waals surface area contributed by atoms with Crippen molar-refractivity contribution in [3.8, 4) is 11.1 Å². The Bertz CT molecular complexity index is 1120. The molecule has 4 aromatic rings. The average molecular weight is 391 g/mol. The van der Waals surface area contributed by atoms with Gasteiger partial charge in [0, 0.05) is 21.5 Å². The van der Waals surface area contributed by atoms with E-state index in [1.54, 1.807) is 6.07 Å². The molecule has 0 unspecified atom stereocenters. The van der Waals surface area contributed by atoms with Crippen LogP contribution in [0.25, 0.3) is 21.3 Å². The number of thiophene rings is 1. The molecule has 0 atom stereocenters. The van der Waals surface area contributed by atoms with Crippen molar-refractivity contribution >= 4 is 50.9 Å². The minimum absolute atomic E-state index is 0.189. The molecule has 1 aromatic carbocycles. The molecule has 3 heterocycles. The summed E-state index contributed by atoms with van der Waals surface area (Å²) in [6.45, 7) is 0. The first kappa shape index (κ1) is 16.1. The van der Waals surface area contributed by atoms with Crippen LogP contribution in [0.2, 0.25) is 5.02 Å². The molecule has 10 heteroatoms. The molecule has 0 saturated heterocycles. The van der Waals surface area contributed by atoms with Crippen LogP contribution in [0, 0.1) is 0 Å². The number of aromatic amines is 2. The van der Waals surface area contributed by atoms with Crippen LogP contribution >= 0.6 is 34.7 Å². The van der Waals surface area contributed by atoms with Gasteiger partial charge in [-0.3, -0.25) is 4.79 Å². The number of benzene rings is 1. The van der Waals surface area contributed by atoms with Crippen LogP contribution in [-0.2, 0) is 5.75 Å². The Morgan fingerprint density at radius 3 is 2.84 bits per heavy atom. The van der Waals surface area contributed by atoms with E-state index in [9.17, 15) is 4.79 Å². The number of H-pyrrole nitrogens is 2. The molecule has 4 N–H and O–H groups in total. The van der Waals surface area contributed by atoms with Crippen LogP contribution in [0.3, 0.4) is 0 Å². The van der Waals surface area contributed by atoms with E-state index in [2.05, 4.69) is 25.1 Å². The Morgan fingerprint density at radius 2 is 2.08 bits per heavy atom. The quantitative estimate of drug-likeness (QED) is 0.461. The largest absolute Gasteiger partial charge is 0.368 e. The van der Waals surface area contributed by atoms with E-state index in [-0.39, 0.29) is 11.5 Å². The van der Waals surface area contributed by atoms with Gasteiger partial charge in [0.25, 0.3) is 5.56 Å². The van der Waals surface area contributed by atoms with Gasteiger partial charge in [0.05, 0.1) is 11.1 Å². The molecule has 0 aliphatic carbocycles. The Morgan fingerprint density at radius 1 is 1.24 bits per heavy atom. The number of fused-ring (bicyclic) bond motifs is 1. The number of thioether (sulfide) groups is 1. The van der Waals surface area contributed by atoms with Crippen molar-refractivity contribution in [3.05, 3.63) is 50.8 Å². The minimum atomic E-state index is -0.189. The Labute approximate surface area is 154 Å². The van der Waals surface area contributed by atoms with Crippen LogP contribution in [0.5, 0.6) is 0 Å². The summed E-state index contributed by atoms with van der Waals surface area (Å²) in [6.07, 6.45) is 0. The summed E-state index contributed by atoms with van der Waals surface area (Å²) in [5.74, 6) is 1.24. The molecule has 0 spiro atoms. The van der Waals surface area contributed by atoms with Gasteiger partial charge in [0.15, 0.2) is 0 Å². The zero-order valence-corrected chi connectivity index (χ0v) is 15.0. The lowest BCUT2D eigenvalue weighted by atomic mass is 10.1. The molecular formula is C15H11ClN6OS2. The molecule has 0 fully saturated rings. The highest BCUT2D eigenvalue weighted by atomic mass is 35.5. The van der Waals surface area contributed by atoms with Crippen LogP contribution < -0.4 is 11.3 Å². The molecule has 0 aliphatic rings. The maximum Gasteiger partial charge on any atom is 0.260 e. The van der Waals surface area contributed by atoms with Crippen molar-refractivity contribution in [1.29, 1.82) is 0 Å². The van der Waals surface area contributed by atoms with E-state index in [1.165, 1.54) is 23.1 Å². The van der Waals surface area contributed by atoms with Gasteiger partial charge < -0.3 is 10.7 Å². The molecule has 0 aliphatic heterocycles. The summed E-state index contributed by atoms with van der Waals surface area (Å²) >= 11 is 9.01. The highest BCUT2D eigenvalue weighted by Crippen LogP contribution is 2.35. The van der Waals surface area contributed by atoms with E-state index >= 15 is 0 Å². The molecule has 0 saturated carbocycles. The second kappa shape index (κ2) is 6.51. The topological polar surface area (TPSA) is 113 Å². The molecule has 0 radical (unpaired) electrons. The fraction of sp³-hybridized carbons (Fsp3) is 0.0667. The van der Waals surface area contributed by atoms with E-state index in [0.29, 0.717) is 32.0 Å². The third-order valence-electron chi connectivity index (χ3n) is 3.48. The first-order valence-electron chi connectivity index (χ1n) is 7.18. The number of halogens is 1. The van der Waals surface area contributed by atoms with E-state index in [0.717, 1.165) is 11.1 Å². The first-order chi connectivity index (χ1) is 12.1. The number of hydrogen-bond donors (Lipinski definition) is 3. The first-order valence-corrected chi connectivity index (χ1v) is 9.42. The third kappa shape index (κ3) is 3.13. The van der Waals surface area contributed by atoms with Crippen molar-refractivity contribution in [2.75, 3.05) is 5.73 Å². The summed E-state index contributed by atoms with van der Waals surface area (Å²) in [5, 5.41) is 10.1. The smallest absolute Gasteiger partial charge is 0.260 e. The number of aromatic nitrogens is 5. The molecule has 126 valence electrons. The minimum Gasteiger partial charge on any atom is -0.368 e. The van der Waals surface area contributed by atoms with Gasteiger partial charge in [-0.2, -0.15) is 4.98 Å². The van der Waals surface area contributed by atoms with Crippen LogP contribution in [0.15, 0.2) is 39.6 Å². The van der Waals surface area contributed by atoms with E-state index in [4.69, 9.17) is 17.3 Å². The van der Waals surface area contributed by atoms with Gasteiger partial charge in [-0.05, 0) is 6.07 Å². The lowest BCUT2D eigenvalue weighted by Gasteiger charge is -2.03. The maximum absolute atomic E-state index is 12.6. The monoisotopic (exact) mass is 390 g/mol. The van der Waals surface area contributed by atoms with Crippen LogP contribution in [0.4, 0.5) is 5.95 Å². The number of nitrogens with one attached hydrogen (secondary N) is 2. The highest BCUT2D eigenvalue weighted by Gasteiger charge is 2.15. The summed E-state index contributed by atoms with van der Waals surface area (Å²) in [7, 11) is 0. The predicted molar refractivity (Wildman–Crippen MR) is 101 cm³/mol. The Hall–Kier alpha value is -2.36. The van der Waals surface area contributed by atoms with Gasteiger partial charge in [-0.15, -0.1) is 16.4 Å². The standard InChI is InChI=1S/C15H11ClN6OS2/c16-9-4-2-1-3-7(9)8-5-24-13-11(8)12(23)18-10(19-13)6-25-15-20-14(17)21-22-15/h1-5H,6H2,(H,18,19,23)(H3,17,20,21,22). The number of rotatable bonds is 4. The van der Waals surface area contributed by atoms with E-state index < -0.39 is 0 Å². The van der Waals surface area contributed by atoms with Crippen molar-refractivity contribution in [1.82, 2.24) is 25.1 Å². The van der Waals surface area contributed by atoms with Crippen molar-refractivity contribution < 1.29 is 0 Å². The fourth-order valence-corrected chi connectivity index (χ4v) is 4.27. The van der Waals surface area contributed by atoms with Gasteiger partial charge >= 0.3 is 0 Å². The lowest BCUT2D eigenvalue weighted by molar-refractivity contribution is 0.966. The Balaban J connectivity index is 1.70. The van der Waals surface area contributed by atoms with Gasteiger partial charge in [0.1, 0.15) is 10.7 Å². The van der Waals surface area contributed by atoms with Crippen LogP contribution in [-0.4, -0.2) is 25.1 Å². The summed E-state index contributed by atoms with van der Waals surface area (Å²) in [5.41, 5.74) is 6.91. The van der Waals surface area contributed by atoms with Crippen molar-refractivity contribution in [2.24, 2.45) is 0 Å². The zero-order chi connectivity index (χ0) is 17.4. The van der Waals surface area contributed by atoms with Gasteiger partial charge in [-0.25, -0.2) is 10.1 Å². The number of hydrogen-bond acceptors (Lipinski definition) is 7. The SMILES string of the molecule is Nc1nc(SCc2nc3scc(-c4ccccc4Cl)c3c(=O)[nH]2)n[nH]1. The zero-order valence-electron chi connectivity index (χ0n) is 12.6. The maximum atomic E-state index is 12.6. The fourth-order valence-electron chi connectivity index (χ4n) is 2.40. The number of nitrogen functional groups attached to an aromatic ring is 1. The molecule has 7 nitrogen and oxygen atoms in total. The van der Waals surface area contributed by atoms with Crippen molar-refractivity contribution in [3.63, 3.8) is 0 Å². The summed E-state index contributed by atoms with van der Waals surface area (Å²) in [6, 6.07) is 7.43. The normalized spacial score (nSPS) is 11.2. The summed E-state index contributed by atoms with van der Waals surface area (Å²) < 4.78 is 0. The number of anilines is 1. The summed E-state index contributed by atoms with van der Waals surface area (Å²) in [4.78, 5) is 24.6. The number of nitrogens with two attached hydrogens (primary N) is 1. The van der Waals surface area contributed by atoms with Gasteiger partial charge in [-0.1, -0.05) is 41.6 Å². The average Bonchev–Trinajstić information content (AvgIpc) is 3.20. The molecule has 4 rings (SSSR count). The number of nitrogens with zero attached hydrogens (tertiary/aromatic N) is 3. The van der Waals surface area contributed by atoms with Gasteiger partial charge in [0.2, 0.25) is 11.1 Å². The molecular weight excluding hydrogens is 380 g/mol. The molecule has 0 amide bonds. The third-order valence-corrected chi connectivity index (χ3v) is 5.54. The Kier molecular flexibility index (Phi) is 4.20. The highest BCUT2D eigenvalue weighted by molar-refractivity contribution is 7.98. The second-order valence-electron chi connectivity index (χ2n) is 5.11. The molecule has 3 aromatic heterocycles. The molecule has 0 bridgehead atoms. The van der Waals surface area contributed by atoms with Crippen LogP contribution in [0.1, 0.15) is 5.82 Å². The van der Waals surface area contributed by atoms with E-state index in [1.807, 2.05) is 23.6 Å². The lowest BCUT2D eigenvalue weighted by Crippen LogP contribution is -2.10. The van der Waals surface area contributed by atoms with Crippen molar-refractivity contribution in [2.45, 2.75) is 10.9 Å². The molecule has 25 heavy (non-hydrogen) atoms.